The Kier molecular flexibility index (Phi) is 3.66. The molecule has 1 amide bonds. The van der Waals surface area contributed by atoms with Crippen LogP contribution in [0.25, 0.3) is 0 Å². The van der Waals surface area contributed by atoms with Crippen molar-refractivity contribution in [2.24, 2.45) is 0 Å². The SMILES string of the molecule is CC(Oc1nncs1)C(=O)Nc1ccccc1. The van der Waals surface area contributed by atoms with Crippen molar-refractivity contribution in [3.05, 3.63) is 35.8 Å². The number of rotatable bonds is 4. The van der Waals surface area contributed by atoms with Crippen LogP contribution in [-0.2, 0) is 4.79 Å². The topological polar surface area (TPSA) is 64.1 Å². The van der Waals surface area contributed by atoms with Gasteiger partial charge in [-0.25, -0.2) is 0 Å². The molecule has 0 bridgehead atoms. The van der Waals surface area contributed by atoms with Crippen LogP contribution in [0.5, 0.6) is 5.19 Å². The Morgan fingerprint density at radius 3 is 2.82 bits per heavy atom. The molecule has 6 heteroatoms. The summed E-state index contributed by atoms with van der Waals surface area (Å²) in [6.45, 7) is 1.67. The fourth-order valence-corrected chi connectivity index (χ4v) is 1.66. The fourth-order valence-electron chi connectivity index (χ4n) is 1.18. The van der Waals surface area contributed by atoms with Crippen LogP contribution in [-0.4, -0.2) is 22.2 Å². The first kappa shape index (κ1) is 11.5. The molecule has 17 heavy (non-hydrogen) atoms. The van der Waals surface area contributed by atoms with Gasteiger partial charge in [0.1, 0.15) is 5.51 Å². The minimum Gasteiger partial charge on any atom is -0.456 e. The lowest BCUT2D eigenvalue weighted by Crippen LogP contribution is -2.30. The van der Waals surface area contributed by atoms with E-state index >= 15 is 0 Å². The Labute approximate surface area is 102 Å². The largest absolute Gasteiger partial charge is 0.456 e. The van der Waals surface area contributed by atoms with E-state index in [0.717, 1.165) is 5.69 Å². The highest BCUT2D eigenvalue weighted by Crippen LogP contribution is 2.14. The van der Waals surface area contributed by atoms with Gasteiger partial charge in [0.2, 0.25) is 0 Å². The number of ether oxygens (including phenoxy) is 1. The molecule has 0 saturated heterocycles. The van der Waals surface area contributed by atoms with Gasteiger partial charge in [-0.2, -0.15) is 0 Å². The highest BCUT2D eigenvalue weighted by atomic mass is 32.1. The average Bonchev–Trinajstić information content (AvgIpc) is 2.83. The molecule has 1 heterocycles. The molecule has 0 spiro atoms. The summed E-state index contributed by atoms with van der Waals surface area (Å²) in [6, 6.07) is 9.22. The molecule has 0 saturated carbocycles. The second kappa shape index (κ2) is 5.40. The first-order valence-electron chi connectivity index (χ1n) is 5.04. The highest BCUT2D eigenvalue weighted by Gasteiger charge is 2.15. The Balaban J connectivity index is 1.92. The monoisotopic (exact) mass is 249 g/mol. The zero-order chi connectivity index (χ0) is 12.1. The van der Waals surface area contributed by atoms with Crippen molar-refractivity contribution < 1.29 is 9.53 Å². The fraction of sp³-hybridized carbons (Fsp3) is 0.182. The van der Waals surface area contributed by atoms with Gasteiger partial charge in [0.25, 0.3) is 11.1 Å². The molecule has 88 valence electrons. The molecule has 2 rings (SSSR count). The van der Waals surface area contributed by atoms with Crippen molar-refractivity contribution in [2.45, 2.75) is 13.0 Å². The zero-order valence-electron chi connectivity index (χ0n) is 9.16. The number of aromatic nitrogens is 2. The molecule has 0 fully saturated rings. The van der Waals surface area contributed by atoms with Crippen LogP contribution in [0.4, 0.5) is 5.69 Å². The summed E-state index contributed by atoms with van der Waals surface area (Å²) in [7, 11) is 0. The average molecular weight is 249 g/mol. The Hall–Kier alpha value is -1.95. The van der Waals surface area contributed by atoms with Gasteiger partial charge in [0.05, 0.1) is 0 Å². The maximum absolute atomic E-state index is 11.8. The molecule has 2 aromatic rings. The first-order chi connectivity index (χ1) is 8.25. The summed E-state index contributed by atoms with van der Waals surface area (Å²) >= 11 is 1.25. The van der Waals surface area contributed by atoms with Gasteiger partial charge >= 0.3 is 0 Å². The van der Waals surface area contributed by atoms with E-state index in [1.807, 2.05) is 30.3 Å². The maximum Gasteiger partial charge on any atom is 0.294 e. The van der Waals surface area contributed by atoms with E-state index < -0.39 is 6.10 Å². The third-order valence-corrected chi connectivity index (χ3v) is 2.61. The number of nitrogens with one attached hydrogen (secondary N) is 1. The van der Waals surface area contributed by atoms with Crippen LogP contribution in [0, 0.1) is 0 Å². The molecule has 5 nitrogen and oxygen atoms in total. The van der Waals surface area contributed by atoms with Gasteiger partial charge in [-0.1, -0.05) is 29.5 Å². The molecule has 1 aromatic carbocycles. The van der Waals surface area contributed by atoms with Gasteiger partial charge in [0, 0.05) is 5.69 Å². The summed E-state index contributed by atoms with van der Waals surface area (Å²) in [6.07, 6.45) is -0.608. The third-order valence-electron chi connectivity index (χ3n) is 2.03. The van der Waals surface area contributed by atoms with E-state index in [0.29, 0.717) is 5.19 Å². The molecule has 0 aliphatic rings. The van der Waals surface area contributed by atoms with Crippen molar-refractivity contribution in [3.8, 4) is 5.19 Å². The normalized spacial score (nSPS) is 11.8. The molecule has 1 atom stereocenters. The molecule has 1 aromatic heterocycles. The van der Waals surface area contributed by atoms with Crippen LogP contribution in [0.3, 0.4) is 0 Å². The molecule has 1 N–H and O–H groups in total. The van der Waals surface area contributed by atoms with Gasteiger partial charge in [-0.15, -0.1) is 10.2 Å². The molecule has 0 radical (unpaired) electrons. The number of hydrogen-bond acceptors (Lipinski definition) is 5. The second-order valence-corrected chi connectivity index (χ2v) is 4.12. The van der Waals surface area contributed by atoms with Crippen molar-refractivity contribution in [1.82, 2.24) is 10.2 Å². The number of anilines is 1. The van der Waals surface area contributed by atoms with E-state index in [4.69, 9.17) is 4.74 Å². The second-order valence-electron chi connectivity index (χ2n) is 3.32. The maximum atomic E-state index is 11.8. The van der Waals surface area contributed by atoms with Gasteiger partial charge in [-0.05, 0) is 19.1 Å². The number of benzene rings is 1. The molecule has 1 unspecified atom stereocenters. The number of nitrogens with zero attached hydrogens (tertiary/aromatic N) is 2. The van der Waals surface area contributed by atoms with Crippen molar-refractivity contribution in [1.29, 1.82) is 0 Å². The zero-order valence-corrected chi connectivity index (χ0v) is 9.98. The van der Waals surface area contributed by atoms with Crippen LogP contribution in [0.1, 0.15) is 6.92 Å². The van der Waals surface area contributed by atoms with Crippen molar-refractivity contribution in [3.63, 3.8) is 0 Å². The minimum atomic E-state index is -0.608. The Morgan fingerprint density at radius 1 is 1.41 bits per heavy atom. The summed E-state index contributed by atoms with van der Waals surface area (Å²) in [5.74, 6) is -0.216. The number of para-hydroxylation sites is 1. The Morgan fingerprint density at radius 2 is 2.18 bits per heavy atom. The quantitative estimate of drug-likeness (QED) is 0.899. The lowest BCUT2D eigenvalue weighted by molar-refractivity contribution is -0.122. The number of amides is 1. The first-order valence-corrected chi connectivity index (χ1v) is 5.92. The predicted molar refractivity (Wildman–Crippen MR) is 65.1 cm³/mol. The third kappa shape index (κ3) is 3.25. The lowest BCUT2D eigenvalue weighted by Gasteiger charge is -2.11. The van der Waals surface area contributed by atoms with Crippen molar-refractivity contribution in [2.75, 3.05) is 5.32 Å². The summed E-state index contributed by atoms with van der Waals surface area (Å²) < 4.78 is 5.32. The lowest BCUT2D eigenvalue weighted by atomic mass is 10.3. The Bertz CT molecular complexity index is 473. The van der Waals surface area contributed by atoms with Gasteiger partial charge in [-0.3, -0.25) is 4.79 Å². The summed E-state index contributed by atoms with van der Waals surface area (Å²) in [5.41, 5.74) is 2.29. The van der Waals surface area contributed by atoms with E-state index in [9.17, 15) is 4.79 Å². The van der Waals surface area contributed by atoms with E-state index in [-0.39, 0.29) is 5.91 Å². The number of hydrogen-bond donors (Lipinski definition) is 1. The van der Waals surface area contributed by atoms with E-state index in [1.165, 1.54) is 11.3 Å². The molecule has 0 aliphatic carbocycles. The van der Waals surface area contributed by atoms with Crippen LogP contribution < -0.4 is 10.1 Å². The molecular weight excluding hydrogens is 238 g/mol. The van der Waals surface area contributed by atoms with E-state index in [1.54, 1.807) is 12.4 Å². The standard InChI is InChI=1S/C11H11N3O2S/c1-8(16-11-14-12-7-17-11)10(15)13-9-5-3-2-4-6-9/h2-8H,1H3,(H,13,15). The van der Waals surface area contributed by atoms with E-state index in [2.05, 4.69) is 15.5 Å². The van der Waals surface area contributed by atoms with Crippen LogP contribution >= 0.6 is 11.3 Å². The van der Waals surface area contributed by atoms with Crippen LogP contribution in [0.2, 0.25) is 0 Å². The number of carbonyl (C=O) groups excluding carboxylic acids is 1. The molecular formula is C11H11N3O2S. The predicted octanol–water partition coefficient (Wildman–Crippen LogP) is 1.94. The van der Waals surface area contributed by atoms with Crippen LogP contribution in [0.15, 0.2) is 35.8 Å². The summed E-state index contributed by atoms with van der Waals surface area (Å²) in [4.78, 5) is 11.8. The number of carbonyl (C=O) groups is 1. The van der Waals surface area contributed by atoms with Gasteiger partial charge in [0.15, 0.2) is 6.10 Å². The highest BCUT2D eigenvalue weighted by molar-refractivity contribution is 7.11. The summed E-state index contributed by atoms with van der Waals surface area (Å²) in [5, 5.41) is 10.5. The van der Waals surface area contributed by atoms with Gasteiger partial charge < -0.3 is 10.1 Å². The molecule has 0 aliphatic heterocycles. The smallest absolute Gasteiger partial charge is 0.294 e. The minimum absolute atomic E-state index is 0.216. The van der Waals surface area contributed by atoms with Crippen molar-refractivity contribution >= 4 is 22.9 Å².